The molecular formula is C26H21F3N3O3+. The molecule has 0 aliphatic carbocycles. The molecule has 0 N–H and O–H groups in total. The number of benzene rings is 3. The molecule has 1 aliphatic heterocycles. The first-order chi connectivity index (χ1) is 16.7. The summed E-state index contributed by atoms with van der Waals surface area (Å²) in [6, 6.07) is 15.9. The van der Waals surface area contributed by atoms with Crippen LogP contribution in [0, 0.1) is 0 Å². The molecule has 9 heteroatoms. The number of methoxy groups -OCH3 is 2. The van der Waals surface area contributed by atoms with Gasteiger partial charge in [0.15, 0.2) is 22.9 Å². The summed E-state index contributed by atoms with van der Waals surface area (Å²) in [5.74, 6) is 2.22. The average molecular weight is 480 g/mol. The summed E-state index contributed by atoms with van der Waals surface area (Å²) >= 11 is 0. The van der Waals surface area contributed by atoms with Gasteiger partial charge >= 0.3 is 6.18 Å². The highest BCUT2D eigenvalue weighted by molar-refractivity contribution is 5.93. The minimum atomic E-state index is -4.40. The molecule has 2 heterocycles. The van der Waals surface area contributed by atoms with Gasteiger partial charge in [0, 0.05) is 35.8 Å². The minimum absolute atomic E-state index is 0.0349. The monoisotopic (exact) mass is 480 g/mol. The fourth-order valence-corrected chi connectivity index (χ4v) is 4.12. The van der Waals surface area contributed by atoms with E-state index in [1.165, 1.54) is 12.1 Å². The maximum atomic E-state index is 13.0. The van der Waals surface area contributed by atoms with E-state index < -0.39 is 11.7 Å². The van der Waals surface area contributed by atoms with Crippen molar-refractivity contribution in [2.24, 2.45) is 5.10 Å². The third-order valence-electron chi connectivity index (χ3n) is 6.03. The Labute approximate surface area is 199 Å². The van der Waals surface area contributed by atoms with Gasteiger partial charge in [-0.1, -0.05) is 5.10 Å². The molecule has 0 bridgehead atoms. The summed E-state index contributed by atoms with van der Waals surface area (Å²) in [6.07, 6.45) is -1.05. The Morgan fingerprint density at radius 1 is 0.829 bits per heavy atom. The maximum Gasteiger partial charge on any atom is 0.416 e. The van der Waals surface area contributed by atoms with Crippen molar-refractivity contribution in [1.29, 1.82) is 0 Å². The lowest BCUT2D eigenvalue weighted by Gasteiger charge is -2.24. The van der Waals surface area contributed by atoms with Gasteiger partial charge < -0.3 is 14.2 Å². The van der Waals surface area contributed by atoms with Crippen LogP contribution in [0.3, 0.4) is 0 Å². The second-order valence-electron chi connectivity index (χ2n) is 8.10. The summed E-state index contributed by atoms with van der Waals surface area (Å²) in [5, 5.41) is 5.31. The lowest BCUT2D eigenvalue weighted by atomic mass is 10.1. The molecule has 35 heavy (non-hydrogen) atoms. The molecule has 178 valence electrons. The standard InChI is InChI=1S/C26H21F3N3O3/c1-32(18-7-5-17(6-8-18)26(27,28)29)22-12-19(9-4-16(22)15-31-32)35-23-10-11-30-21-14-25(34-3)24(33-2)13-20(21)23/h4-15H,1-3H3/q+1. The lowest BCUT2D eigenvalue weighted by Crippen LogP contribution is -2.31. The second-order valence-corrected chi connectivity index (χ2v) is 8.10. The van der Waals surface area contributed by atoms with E-state index >= 15 is 0 Å². The highest BCUT2D eigenvalue weighted by Gasteiger charge is 2.37. The predicted octanol–water partition coefficient (Wildman–Crippen LogP) is 6.68. The summed E-state index contributed by atoms with van der Waals surface area (Å²) in [5.41, 5.74) is 2.20. The SMILES string of the molecule is COc1cc2nccc(Oc3ccc4c(c3)[N+](C)(c3ccc(C(F)(F)F)cc3)N=C4)c2cc1OC. The van der Waals surface area contributed by atoms with Crippen molar-refractivity contribution >= 4 is 28.5 Å². The van der Waals surface area contributed by atoms with E-state index in [0.717, 1.165) is 28.8 Å². The fourth-order valence-electron chi connectivity index (χ4n) is 4.12. The van der Waals surface area contributed by atoms with Gasteiger partial charge in [-0.15, -0.1) is 4.59 Å². The average Bonchev–Trinajstić information content (AvgIpc) is 3.20. The molecule has 5 rings (SSSR count). The molecule has 0 fully saturated rings. The third-order valence-corrected chi connectivity index (χ3v) is 6.03. The highest BCUT2D eigenvalue weighted by Crippen LogP contribution is 2.43. The van der Waals surface area contributed by atoms with Crippen LogP contribution in [0.1, 0.15) is 11.1 Å². The van der Waals surface area contributed by atoms with Crippen molar-refractivity contribution in [3.05, 3.63) is 78.0 Å². The van der Waals surface area contributed by atoms with Gasteiger partial charge in [-0.3, -0.25) is 4.98 Å². The molecule has 1 aromatic heterocycles. The summed E-state index contributed by atoms with van der Waals surface area (Å²) < 4.78 is 56.0. The number of fused-ring (bicyclic) bond motifs is 2. The quantitative estimate of drug-likeness (QED) is 0.299. The van der Waals surface area contributed by atoms with Crippen LogP contribution < -0.4 is 18.8 Å². The first kappa shape index (κ1) is 22.7. The molecule has 0 amide bonds. The molecule has 1 unspecified atom stereocenters. The normalized spacial score (nSPS) is 16.9. The molecule has 0 saturated heterocycles. The summed E-state index contributed by atoms with van der Waals surface area (Å²) in [4.78, 5) is 4.39. The number of halogens is 3. The lowest BCUT2D eigenvalue weighted by molar-refractivity contribution is -0.137. The first-order valence-electron chi connectivity index (χ1n) is 10.7. The number of rotatable bonds is 5. The Kier molecular flexibility index (Phi) is 5.36. The highest BCUT2D eigenvalue weighted by atomic mass is 19.4. The van der Waals surface area contributed by atoms with Crippen LogP contribution in [0.4, 0.5) is 24.5 Å². The molecular weight excluding hydrogens is 459 g/mol. The molecule has 1 aliphatic rings. The number of aromatic nitrogens is 1. The van der Waals surface area contributed by atoms with Gasteiger partial charge in [0.05, 0.1) is 37.1 Å². The molecule has 1 atom stereocenters. The van der Waals surface area contributed by atoms with Crippen LogP contribution in [0.15, 0.2) is 72.0 Å². The number of nitrogens with zero attached hydrogens (tertiary/aromatic N) is 3. The minimum Gasteiger partial charge on any atom is -0.493 e. The van der Waals surface area contributed by atoms with Gasteiger partial charge in [0.1, 0.15) is 18.5 Å². The Morgan fingerprint density at radius 2 is 1.54 bits per heavy atom. The van der Waals surface area contributed by atoms with Gasteiger partial charge in [-0.05, 0) is 36.4 Å². The van der Waals surface area contributed by atoms with Gasteiger partial charge in [0.2, 0.25) is 0 Å². The van der Waals surface area contributed by atoms with Gasteiger partial charge in [-0.25, -0.2) is 0 Å². The number of hydrogen-bond donors (Lipinski definition) is 0. The van der Waals surface area contributed by atoms with Gasteiger partial charge in [-0.2, -0.15) is 13.2 Å². The van der Waals surface area contributed by atoms with Crippen LogP contribution in [0.25, 0.3) is 10.9 Å². The van der Waals surface area contributed by atoms with Crippen molar-refractivity contribution < 1.29 is 27.4 Å². The van der Waals surface area contributed by atoms with E-state index in [-0.39, 0.29) is 4.59 Å². The number of quaternary nitrogens is 1. The Balaban J connectivity index is 1.51. The molecule has 0 saturated carbocycles. The Bertz CT molecular complexity index is 1450. The van der Waals surface area contributed by atoms with E-state index in [4.69, 9.17) is 14.2 Å². The topological polar surface area (TPSA) is 52.9 Å². The molecule has 3 aromatic carbocycles. The largest absolute Gasteiger partial charge is 0.493 e. The first-order valence-corrected chi connectivity index (χ1v) is 10.7. The number of pyridine rings is 1. The summed E-state index contributed by atoms with van der Waals surface area (Å²) in [6.45, 7) is 0. The zero-order valence-electron chi connectivity index (χ0n) is 19.1. The van der Waals surface area contributed by atoms with Crippen LogP contribution in [0.2, 0.25) is 0 Å². The summed E-state index contributed by atoms with van der Waals surface area (Å²) in [7, 11) is 4.93. The van der Waals surface area contributed by atoms with Crippen molar-refractivity contribution in [2.75, 3.05) is 21.3 Å². The molecule has 0 spiro atoms. The third kappa shape index (κ3) is 3.93. The van der Waals surface area contributed by atoms with Crippen LogP contribution in [-0.2, 0) is 6.18 Å². The van der Waals surface area contributed by atoms with Crippen LogP contribution >= 0.6 is 0 Å². The number of alkyl halides is 3. The van der Waals surface area contributed by atoms with Crippen molar-refractivity contribution in [2.45, 2.75) is 6.18 Å². The maximum absolute atomic E-state index is 13.0. The van der Waals surface area contributed by atoms with Gasteiger partial charge in [0.25, 0.3) is 0 Å². The van der Waals surface area contributed by atoms with E-state index in [0.29, 0.717) is 34.2 Å². The predicted molar refractivity (Wildman–Crippen MR) is 128 cm³/mol. The fraction of sp³-hybridized carbons (Fsp3) is 0.154. The zero-order valence-corrected chi connectivity index (χ0v) is 19.1. The molecule has 6 nitrogen and oxygen atoms in total. The molecule has 4 aromatic rings. The van der Waals surface area contributed by atoms with Crippen molar-refractivity contribution in [3.8, 4) is 23.0 Å². The number of ether oxygens (including phenoxy) is 3. The Morgan fingerprint density at radius 3 is 2.23 bits per heavy atom. The van der Waals surface area contributed by atoms with E-state index in [2.05, 4.69) is 10.1 Å². The van der Waals surface area contributed by atoms with Crippen LogP contribution in [0.5, 0.6) is 23.0 Å². The van der Waals surface area contributed by atoms with Crippen molar-refractivity contribution in [1.82, 2.24) is 9.58 Å². The smallest absolute Gasteiger partial charge is 0.416 e. The number of hydrogen-bond acceptors (Lipinski definition) is 5. The van der Waals surface area contributed by atoms with E-state index in [9.17, 15) is 13.2 Å². The van der Waals surface area contributed by atoms with Crippen molar-refractivity contribution in [3.63, 3.8) is 0 Å². The zero-order chi connectivity index (χ0) is 24.8. The second kappa shape index (κ2) is 8.28. The van der Waals surface area contributed by atoms with E-state index in [1.54, 1.807) is 44.8 Å². The van der Waals surface area contributed by atoms with Crippen LogP contribution in [-0.4, -0.2) is 32.5 Å². The van der Waals surface area contributed by atoms with E-state index in [1.807, 2.05) is 25.2 Å². The Hall–Kier alpha value is -4.11. The molecule has 0 radical (unpaired) electrons.